The molecule has 0 aromatic heterocycles. The molecule has 0 aliphatic rings. The quantitative estimate of drug-likeness (QED) is 0.591. The minimum Gasteiger partial charge on any atom is -0.481 e. The van der Waals surface area contributed by atoms with Crippen LogP contribution in [-0.2, 0) is 22.6 Å². The Kier molecular flexibility index (Phi) is 6.38. The number of nitrogen functional groups attached to an aromatic ring is 1. The number of hydrogen-bond donors (Lipinski definition) is 4. The number of carboxylic acid groups (broad SMARTS) is 1. The average molecular weight is 324 g/mol. The van der Waals surface area contributed by atoms with Crippen LogP contribution in [0.2, 0.25) is 0 Å². The van der Waals surface area contributed by atoms with Gasteiger partial charge in [-0.2, -0.15) is 0 Å². The Labute approximate surface area is 135 Å². The first-order valence-electron chi connectivity index (χ1n) is 7.30. The number of anilines is 1. The molecule has 0 saturated heterocycles. The third-order valence-electron chi connectivity index (χ3n) is 3.00. The standard InChI is InChI=1S/C16H24N2O5/c1-16(2,3)23-15(22)18-12(8-14(20)21)7-11-6-10(9-19)4-5-13(11)17/h4-6,12,19H,7-9,17H2,1-3H3,(H,18,22)(H,20,21)/t12-/m0/s1. The molecular weight excluding hydrogens is 300 g/mol. The fourth-order valence-corrected chi connectivity index (χ4v) is 2.06. The van der Waals surface area contributed by atoms with Gasteiger partial charge in [-0.1, -0.05) is 12.1 Å². The van der Waals surface area contributed by atoms with Crippen LogP contribution in [0.3, 0.4) is 0 Å². The fourth-order valence-electron chi connectivity index (χ4n) is 2.06. The zero-order valence-corrected chi connectivity index (χ0v) is 13.6. The number of amides is 1. The van der Waals surface area contributed by atoms with Gasteiger partial charge in [0, 0.05) is 11.7 Å². The number of alkyl carbamates (subject to hydrolysis) is 1. The lowest BCUT2D eigenvalue weighted by Gasteiger charge is -2.23. The summed E-state index contributed by atoms with van der Waals surface area (Å²) in [5.74, 6) is -1.04. The maximum absolute atomic E-state index is 11.9. The van der Waals surface area contributed by atoms with E-state index in [1.807, 2.05) is 0 Å². The van der Waals surface area contributed by atoms with E-state index in [4.69, 9.17) is 15.6 Å². The van der Waals surface area contributed by atoms with Crippen molar-refractivity contribution in [2.24, 2.45) is 0 Å². The van der Waals surface area contributed by atoms with Crippen molar-refractivity contribution in [1.29, 1.82) is 0 Å². The van der Waals surface area contributed by atoms with E-state index in [1.54, 1.807) is 39.0 Å². The van der Waals surface area contributed by atoms with Crippen molar-refractivity contribution in [2.45, 2.75) is 51.9 Å². The van der Waals surface area contributed by atoms with Crippen LogP contribution in [0, 0.1) is 0 Å². The van der Waals surface area contributed by atoms with Crippen molar-refractivity contribution in [1.82, 2.24) is 5.32 Å². The molecule has 128 valence electrons. The highest BCUT2D eigenvalue weighted by molar-refractivity contribution is 5.71. The zero-order valence-electron chi connectivity index (χ0n) is 13.6. The molecule has 0 radical (unpaired) electrons. The summed E-state index contributed by atoms with van der Waals surface area (Å²) in [6, 6.07) is 4.36. The molecule has 5 N–H and O–H groups in total. The van der Waals surface area contributed by atoms with Crippen molar-refractivity contribution >= 4 is 17.7 Å². The zero-order chi connectivity index (χ0) is 17.6. The molecule has 1 atom stereocenters. The van der Waals surface area contributed by atoms with E-state index in [2.05, 4.69) is 5.32 Å². The summed E-state index contributed by atoms with van der Waals surface area (Å²) in [6.07, 6.45) is -0.714. The molecule has 1 amide bonds. The maximum Gasteiger partial charge on any atom is 0.407 e. The SMILES string of the molecule is CC(C)(C)OC(=O)N[C@H](CC(=O)O)Cc1cc(CO)ccc1N. The number of nitrogens with two attached hydrogens (primary N) is 1. The van der Waals surface area contributed by atoms with Crippen molar-refractivity contribution in [3.8, 4) is 0 Å². The largest absolute Gasteiger partial charge is 0.481 e. The number of aliphatic carboxylic acids is 1. The van der Waals surface area contributed by atoms with Crippen LogP contribution >= 0.6 is 0 Å². The van der Waals surface area contributed by atoms with Crippen LogP contribution in [0.25, 0.3) is 0 Å². The van der Waals surface area contributed by atoms with Gasteiger partial charge in [-0.15, -0.1) is 0 Å². The molecule has 0 heterocycles. The summed E-state index contributed by atoms with van der Waals surface area (Å²) in [6.45, 7) is 5.03. The first-order valence-corrected chi connectivity index (χ1v) is 7.30. The lowest BCUT2D eigenvalue weighted by atomic mass is 10.00. The number of carbonyl (C=O) groups is 2. The molecule has 0 fully saturated rings. The Morgan fingerprint density at radius 1 is 1.35 bits per heavy atom. The highest BCUT2D eigenvalue weighted by Crippen LogP contribution is 2.18. The van der Waals surface area contributed by atoms with Crippen LogP contribution in [-0.4, -0.2) is 33.9 Å². The number of aliphatic hydroxyl groups is 1. The molecule has 1 aromatic carbocycles. The molecule has 0 aliphatic heterocycles. The maximum atomic E-state index is 11.9. The van der Waals surface area contributed by atoms with Crippen molar-refractivity contribution < 1.29 is 24.5 Å². The number of nitrogens with one attached hydrogen (secondary N) is 1. The molecule has 0 saturated carbocycles. The molecule has 0 bridgehead atoms. The lowest BCUT2D eigenvalue weighted by molar-refractivity contribution is -0.137. The van der Waals surface area contributed by atoms with Crippen molar-refractivity contribution in [3.63, 3.8) is 0 Å². The first kappa shape index (κ1) is 18.8. The summed E-state index contributed by atoms with van der Waals surface area (Å²) >= 11 is 0. The molecule has 0 unspecified atom stereocenters. The summed E-state index contributed by atoms with van der Waals surface area (Å²) < 4.78 is 5.15. The Morgan fingerprint density at radius 2 is 2.00 bits per heavy atom. The highest BCUT2D eigenvalue weighted by atomic mass is 16.6. The van der Waals surface area contributed by atoms with E-state index in [0.717, 1.165) is 0 Å². The topological polar surface area (TPSA) is 122 Å². The van der Waals surface area contributed by atoms with Crippen molar-refractivity contribution in [2.75, 3.05) is 5.73 Å². The second kappa shape index (κ2) is 7.82. The second-order valence-electron chi connectivity index (χ2n) is 6.34. The van der Waals surface area contributed by atoms with Gasteiger partial charge in [0.05, 0.1) is 13.0 Å². The smallest absolute Gasteiger partial charge is 0.407 e. The van der Waals surface area contributed by atoms with E-state index < -0.39 is 23.7 Å². The molecule has 23 heavy (non-hydrogen) atoms. The highest BCUT2D eigenvalue weighted by Gasteiger charge is 2.22. The van der Waals surface area contributed by atoms with E-state index >= 15 is 0 Å². The predicted octanol–water partition coefficient (Wildman–Crippen LogP) is 1.67. The summed E-state index contributed by atoms with van der Waals surface area (Å²) in [4.78, 5) is 22.9. The van der Waals surface area contributed by atoms with Gasteiger partial charge in [0.15, 0.2) is 0 Å². The molecule has 7 heteroatoms. The number of hydrogen-bond acceptors (Lipinski definition) is 5. The van der Waals surface area contributed by atoms with E-state index in [1.165, 1.54) is 0 Å². The number of carboxylic acids is 1. The first-order chi connectivity index (χ1) is 10.6. The van der Waals surface area contributed by atoms with Gasteiger partial charge in [-0.25, -0.2) is 4.79 Å². The Morgan fingerprint density at radius 3 is 2.52 bits per heavy atom. The monoisotopic (exact) mass is 324 g/mol. The number of rotatable bonds is 6. The Hall–Kier alpha value is -2.28. The van der Waals surface area contributed by atoms with E-state index in [0.29, 0.717) is 16.8 Å². The molecule has 7 nitrogen and oxygen atoms in total. The number of ether oxygens (including phenoxy) is 1. The normalized spacial score (nSPS) is 12.5. The summed E-state index contributed by atoms with van der Waals surface area (Å²) in [5.41, 5.74) is 7.02. The second-order valence-corrected chi connectivity index (χ2v) is 6.34. The average Bonchev–Trinajstić information content (AvgIpc) is 2.38. The summed E-state index contributed by atoms with van der Waals surface area (Å²) in [7, 11) is 0. The van der Waals surface area contributed by atoms with Crippen LogP contribution < -0.4 is 11.1 Å². The summed E-state index contributed by atoms with van der Waals surface area (Å²) in [5, 5.41) is 20.8. The van der Waals surface area contributed by atoms with Gasteiger partial charge >= 0.3 is 12.1 Å². The molecule has 0 spiro atoms. The Balaban J connectivity index is 2.86. The number of benzene rings is 1. The van der Waals surface area contributed by atoms with E-state index in [-0.39, 0.29) is 19.4 Å². The number of aliphatic hydroxyl groups excluding tert-OH is 1. The van der Waals surface area contributed by atoms with Gasteiger partial charge in [-0.05, 0) is 44.4 Å². The Bertz CT molecular complexity index is 566. The predicted molar refractivity (Wildman–Crippen MR) is 85.9 cm³/mol. The van der Waals surface area contributed by atoms with Crippen LogP contribution in [0.4, 0.5) is 10.5 Å². The molecular formula is C16H24N2O5. The third-order valence-corrected chi connectivity index (χ3v) is 3.00. The number of carbonyl (C=O) groups excluding carboxylic acids is 1. The lowest BCUT2D eigenvalue weighted by Crippen LogP contribution is -2.41. The van der Waals surface area contributed by atoms with E-state index in [9.17, 15) is 14.7 Å². The minimum atomic E-state index is -1.04. The minimum absolute atomic E-state index is 0.142. The van der Waals surface area contributed by atoms with Crippen molar-refractivity contribution in [3.05, 3.63) is 29.3 Å². The molecule has 1 aromatic rings. The van der Waals surface area contributed by atoms with Gasteiger partial charge < -0.3 is 26.0 Å². The van der Waals surface area contributed by atoms with Gasteiger partial charge in [0.25, 0.3) is 0 Å². The third kappa shape index (κ3) is 7.01. The van der Waals surface area contributed by atoms with Crippen LogP contribution in [0.15, 0.2) is 18.2 Å². The van der Waals surface area contributed by atoms with Crippen LogP contribution in [0.5, 0.6) is 0 Å². The van der Waals surface area contributed by atoms with Crippen LogP contribution in [0.1, 0.15) is 38.3 Å². The van der Waals surface area contributed by atoms with Gasteiger partial charge in [0.1, 0.15) is 5.60 Å². The van der Waals surface area contributed by atoms with Gasteiger partial charge in [-0.3, -0.25) is 4.79 Å². The van der Waals surface area contributed by atoms with Gasteiger partial charge in [0.2, 0.25) is 0 Å². The molecule has 1 rings (SSSR count). The molecule has 0 aliphatic carbocycles. The fraction of sp³-hybridized carbons (Fsp3) is 0.500.